The third-order valence-electron chi connectivity index (χ3n) is 2.82. The molecule has 2 fully saturated rings. The maximum absolute atomic E-state index is 11.2. The molecule has 2 unspecified atom stereocenters. The fourth-order valence-electron chi connectivity index (χ4n) is 2.06. The second kappa shape index (κ2) is 2.21. The van der Waals surface area contributed by atoms with E-state index in [2.05, 4.69) is 5.32 Å². The van der Waals surface area contributed by atoms with E-state index in [1.54, 1.807) is 0 Å². The first-order chi connectivity index (χ1) is 5.29. The molecule has 0 bridgehead atoms. The maximum atomic E-state index is 11.2. The predicted molar refractivity (Wildman–Crippen MR) is 40.1 cm³/mol. The molecule has 3 heteroatoms. The highest BCUT2D eigenvalue weighted by Crippen LogP contribution is 2.49. The van der Waals surface area contributed by atoms with Gasteiger partial charge in [-0.25, -0.2) is 0 Å². The van der Waals surface area contributed by atoms with E-state index in [-0.39, 0.29) is 11.5 Å². The number of fused-ring (bicyclic) bond motifs is 1. The van der Waals surface area contributed by atoms with Gasteiger partial charge in [-0.15, -0.1) is 0 Å². The molecule has 0 aromatic carbocycles. The molecule has 0 aromatic heterocycles. The second-order valence-corrected chi connectivity index (χ2v) is 3.43. The zero-order valence-electron chi connectivity index (χ0n) is 6.72. The van der Waals surface area contributed by atoms with Gasteiger partial charge in [0, 0.05) is 0 Å². The molecule has 2 aliphatic rings. The van der Waals surface area contributed by atoms with Gasteiger partial charge in [0.05, 0.1) is 7.11 Å². The van der Waals surface area contributed by atoms with Gasteiger partial charge in [0.1, 0.15) is 5.54 Å². The third kappa shape index (κ3) is 0.872. The monoisotopic (exact) mass is 155 g/mol. The van der Waals surface area contributed by atoms with Crippen LogP contribution in [0.5, 0.6) is 0 Å². The average Bonchev–Trinajstić information content (AvgIpc) is 2.78. The summed E-state index contributed by atoms with van der Waals surface area (Å²) in [7, 11) is 1.46. The van der Waals surface area contributed by atoms with Crippen molar-refractivity contribution in [2.75, 3.05) is 13.7 Å². The van der Waals surface area contributed by atoms with E-state index >= 15 is 0 Å². The quantitative estimate of drug-likeness (QED) is 0.553. The van der Waals surface area contributed by atoms with Gasteiger partial charge in [0.25, 0.3) is 0 Å². The van der Waals surface area contributed by atoms with Crippen LogP contribution < -0.4 is 5.32 Å². The molecule has 0 aromatic rings. The molecule has 1 aliphatic carbocycles. The lowest BCUT2D eigenvalue weighted by molar-refractivity contribution is -0.145. The molecule has 2 atom stereocenters. The molecule has 1 saturated carbocycles. The Labute approximate surface area is 66.1 Å². The summed E-state index contributed by atoms with van der Waals surface area (Å²) in [5.74, 6) is 0.492. The summed E-state index contributed by atoms with van der Waals surface area (Å²) >= 11 is 0. The summed E-state index contributed by atoms with van der Waals surface area (Å²) in [6, 6.07) is 0. The third-order valence-corrected chi connectivity index (χ3v) is 2.82. The number of ether oxygens (including phenoxy) is 1. The summed E-state index contributed by atoms with van der Waals surface area (Å²) in [5, 5.41) is 3.25. The normalized spacial score (nSPS) is 41.0. The average molecular weight is 155 g/mol. The fourth-order valence-corrected chi connectivity index (χ4v) is 2.06. The second-order valence-electron chi connectivity index (χ2n) is 3.43. The zero-order chi connectivity index (χ0) is 7.90. The van der Waals surface area contributed by atoms with Crippen molar-refractivity contribution in [1.29, 1.82) is 0 Å². The summed E-state index contributed by atoms with van der Waals surface area (Å²) in [4.78, 5) is 11.2. The van der Waals surface area contributed by atoms with E-state index in [0.717, 1.165) is 13.0 Å². The Morgan fingerprint density at radius 1 is 1.73 bits per heavy atom. The topological polar surface area (TPSA) is 38.3 Å². The molecular weight excluding hydrogens is 142 g/mol. The van der Waals surface area contributed by atoms with Crippen LogP contribution >= 0.6 is 0 Å². The summed E-state index contributed by atoms with van der Waals surface area (Å²) < 4.78 is 4.73. The van der Waals surface area contributed by atoms with Gasteiger partial charge in [-0.05, 0) is 31.7 Å². The minimum absolute atomic E-state index is 0.0674. The van der Waals surface area contributed by atoms with Gasteiger partial charge in [0.2, 0.25) is 0 Å². The lowest BCUT2D eigenvalue weighted by Crippen LogP contribution is -2.44. The highest BCUT2D eigenvalue weighted by atomic mass is 16.5. The lowest BCUT2D eigenvalue weighted by Gasteiger charge is -2.20. The predicted octanol–water partition coefficient (Wildman–Crippen LogP) is 0.301. The number of hydrogen-bond donors (Lipinski definition) is 1. The molecule has 1 heterocycles. The van der Waals surface area contributed by atoms with Gasteiger partial charge in [-0.2, -0.15) is 0 Å². The first-order valence-electron chi connectivity index (χ1n) is 4.13. The van der Waals surface area contributed by atoms with Crippen LogP contribution in [-0.4, -0.2) is 25.2 Å². The van der Waals surface area contributed by atoms with E-state index in [1.165, 1.54) is 20.0 Å². The molecular formula is C8H13NO2. The Balaban J connectivity index is 2.07. The number of esters is 1. The molecule has 0 radical (unpaired) electrons. The van der Waals surface area contributed by atoms with Crippen molar-refractivity contribution in [2.24, 2.45) is 5.92 Å². The van der Waals surface area contributed by atoms with Crippen LogP contribution in [0.15, 0.2) is 0 Å². The Kier molecular flexibility index (Phi) is 1.42. The van der Waals surface area contributed by atoms with Crippen molar-refractivity contribution in [3.05, 3.63) is 0 Å². The highest BCUT2D eigenvalue weighted by molar-refractivity contribution is 5.85. The highest BCUT2D eigenvalue weighted by Gasteiger charge is 2.61. The molecule has 2 rings (SSSR count). The van der Waals surface area contributed by atoms with E-state index in [1.807, 2.05) is 0 Å². The van der Waals surface area contributed by atoms with Crippen molar-refractivity contribution in [3.63, 3.8) is 0 Å². The van der Waals surface area contributed by atoms with Crippen molar-refractivity contribution in [1.82, 2.24) is 5.32 Å². The molecule has 0 amide bonds. The Morgan fingerprint density at radius 3 is 3.18 bits per heavy atom. The SMILES string of the molecule is COC(=O)C12CC1CCCN2. The molecule has 62 valence electrons. The van der Waals surface area contributed by atoms with Gasteiger partial charge in [-0.1, -0.05) is 0 Å². The summed E-state index contributed by atoms with van der Waals surface area (Å²) in [6.45, 7) is 0.964. The Morgan fingerprint density at radius 2 is 2.55 bits per heavy atom. The molecule has 1 N–H and O–H groups in total. The number of carbonyl (C=O) groups excluding carboxylic acids is 1. The number of piperidine rings is 1. The number of hydrogen-bond acceptors (Lipinski definition) is 3. The van der Waals surface area contributed by atoms with Crippen LogP contribution in [-0.2, 0) is 9.53 Å². The standard InChI is InChI=1S/C8H13NO2/c1-11-7(10)8-5-6(8)3-2-4-9-8/h6,9H,2-5H2,1H3. The maximum Gasteiger partial charge on any atom is 0.326 e. The van der Waals surface area contributed by atoms with Crippen molar-refractivity contribution >= 4 is 5.97 Å². The fraction of sp³-hybridized carbons (Fsp3) is 0.875. The molecule has 11 heavy (non-hydrogen) atoms. The molecule has 3 nitrogen and oxygen atoms in total. The minimum Gasteiger partial charge on any atom is -0.468 e. The van der Waals surface area contributed by atoms with E-state index in [4.69, 9.17) is 4.74 Å². The first kappa shape index (κ1) is 7.10. The summed E-state index contributed by atoms with van der Waals surface area (Å²) in [6.07, 6.45) is 3.37. The van der Waals surface area contributed by atoms with E-state index in [9.17, 15) is 4.79 Å². The number of carbonyl (C=O) groups is 1. The number of methoxy groups -OCH3 is 1. The van der Waals surface area contributed by atoms with Crippen LogP contribution in [0.2, 0.25) is 0 Å². The van der Waals surface area contributed by atoms with Crippen LogP contribution in [0.4, 0.5) is 0 Å². The largest absolute Gasteiger partial charge is 0.468 e. The Hall–Kier alpha value is -0.570. The number of nitrogens with one attached hydrogen (secondary N) is 1. The lowest BCUT2D eigenvalue weighted by atomic mass is 10.1. The van der Waals surface area contributed by atoms with Gasteiger partial charge < -0.3 is 10.1 Å². The van der Waals surface area contributed by atoms with E-state index in [0.29, 0.717) is 5.92 Å². The summed E-state index contributed by atoms with van der Waals surface area (Å²) in [5.41, 5.74) is -0.257. The smallest absolute Gasteiger partial charge is 0.326 e. The van der Waals surface area contributed by atoms with Crippen molar-refractivity contribution in [2.45, 2.75) is 24.8 Å². The molecule has 1 aliphatic heterocycles. The van der Waals surface area contributed by atoms with Gasteiger partial charge >= 0.3 is 5.97 Å². The van der Waals surface area contributed by atoms with Crippen LogP contribution in [0, 0.1) is 5.92 Å². The Bertz CT molecular complexity index is 193. The van der Waals surface area contributed by atoms with Gasteiger partial charge in [0.15, 0.2) is 0 Å². The molecule has 1 saturated heterocycles. The van der Waals surface area contributed by atoms with Crippen LogP contribution in [0.25, 0.3) is 0 Å². The zero-order valence-corrected chi connectivity index (χ0v) is 6.72. The number of rotatable bonds is 1. The van der Waals surface area contributed by atoms with Crippen LogP contribution in [0.1, 0.15) is 19.3 Å². The van der Waals surface area contributed by atoms with Gasteiger partial charge in [-0.3, -0.25) is 4.79 Å². The van der Waals surface area contributed by atoms with Crippen LogP contribution in [0.3, 0.4) is 0 Å². The van der Waals surface area contributed by atoms with Crippen molar-refractivity contribution in [3.8, 4) is 0 Å². The van der Waals surface area contributed by atoms with E-state index < -0.39 is 0 Å². The first-order valence-corrected chi connectivity index (χ1v) is 4.13. The minimum atomic E-state index is -0.257. The molecule has 0 spiro atoms. The van der Waals surface area contributed by atoms with Crippen molar-refractivity contribution < 1.29 is 9.53 Å².